The number of hydrogen-bond donors (Lipinski definition) is 0. The average molecular weight is 415 g/mol. The number of aromatic nitrogens is 2. The van der Waals surface area contributed by atoms with E-state index in [9.17, 15) is 18.0 Å². The number of hydrogen-bond acceptors (Lipinski definition) is 5. The van der Waals surface area contributed by atoms with Crippen LogP contribution in [0.3, 0.4) is 0 Å². The summed E-state index contributed by atoms with van der Waals surface area (Å²) in [7, 11) is 0. The smallest absolute Gasteiger partial charge is 0.491 e. The van der Waals surface area contributed by atoms with Crippen LogP contribution in [0.25, 0.3) is 11.1 Å². The molecule has 9 heteroatoms. The summed E-state index contributed by atoms with van der Waals surface area (Å²) in [5, 5.41) is 0. The fourth-order valence-corrected chi connectivity index (χ4v) is 3.18. The average Bonchev–Trinajstić information content (AvgIpc) is 2.87. The number of nitrogens with zero attached hydrogens (tertiary/aromatic N) is 3. The van der Waals surface area contributed by atoms with Crippen molar-refractivity contribution < 1.29 is 27.4 Å². The molecule has 30 heavy (non-hydrogen) atoms. The summed E-state index contributed by atoms with van der Waals surface area (Å²) < 4.78 is 48.1. The molecule has 0 aliphatic carbocycles. The van der Waals surface area contributed by atoms with Gasteiger partial charge in [-0.15, -0.1) is 13.2 Å². The molecule has 0 bridgehead atoms. The largest absolute Gasteiger partial charge is 0.573 e. The van der Waals surface area contributed by atoms with E-state index in [-0.39, 0.29) is 35.9 Å². The standard InChI is InChI=1S/C21H16F3N3O3/c22-21(23,24)30-18-5-2-1-4-15(18)14-6-7-17-16(12-14)20(28)27(10-11-29-17)13-19-25-8-3-9-26-19/h1-9,12H,10-11,13H2. The Bertz CT molecular complexity index is 1060. The third kappa shape index (κ3) is 4.35. The SMILES string of the molecule is O=C1c2cc(-c3ccccc3OC(F)(F)F)ccc2OCCN1Cc1ncccn1. The maximum absolute atomic E-state index is 13.1. The van der Waals surface area contributed by atoms with E-state index in [1.165, 1.54) is 24.3 Å². The van der Waals surface area contributed by atoms with Gasteiger partial charge in [0.2, 0.25) is 0 Å². The van der Waals surface area contributed by atoms with Crippen LogP contribution >= 0.6 is 0 Å². The summed E-state index contributed by atoms with van der Waals surface area (Å²) in [5.74, 6) is 0.191. The molecule has 154 valence electrons. The van der Waals surface area contributed by atoms with Crippen LogP contribution in [-0.4, -0.2) is 40.3 Å². The van der Waals surface area contributed by atoms with Crippen molar-refractivity contribution in [1.82, 2.24) is 14.9 Å². The van der Waals surface area contributed by atoms with E-state index in [2.05, 4.69) is 14.7 Å². The van der Waals surface area contributed by atoms with Crippen LogP contribution in [-0.2, 0) is 6.54 Å². The molecule has 0 N–H and O–H groups in total. The van der Waals surface area contributed by atoms with E-state index in [1.54, 1.807) is 41.6 Å². The number of carbonyl (C=O) groups excluding carboxylic acids is 1. The Hall–Kier alpha value is -3.62. The zero-order chi connectivity index (χ0) is 21.1. The molecule has 0 atom stereocenters. The molecule has 4 rings (SSSR count). The maximum Gasteiger partial charge on any atom is 0.573 e. The van der Waals surface area contributed by atoms with Gasteiger partial charge in [0.1, 0.15) is 23.9 Å². The Kier molecular flexibility index (Phi) is 5.26. The number of halogens is 3. The summed E-state index contributed by atoms with van der Waals surface area (Å²) in [6.07, 6.45) is -1.65. The van der Waals surface area contributed by atoms with Crippen molar-refractivity contribution in [2.24, 2.45) is 0 Å². The van der Waals surface area contributed by atoms with Gasteiger partial charge >= 0.3 is 6.36 Å². The second-order valence-corrected chi connectivity index (χ2v) is 6.50. The normalized spacial score (nSPS) is 14.0. The topological polar surface area (TPSA) is 64.6 Å². The Morgan fingerprint density at radius 3 is 2.57 bits per heavy atom. The van der Waals surface area contributed by atoms with Crippen molar-refractivity contribution in [1.29, 1.82) is 0 Å². The number of alkyl halides is 3. The predicted molar refractivity (Wildman–Crippen MR) is 101 cm³/mol. The first-order valence-corrected chi connectivity index (χ1v) is 9.08. The number of benzene rings is 2. The molecule has 0 spiro atoms. The third-order valence-electron chi connectivity index (χ3n) is 4.49. The lowest BCUT2D eigenvalue weighted by atomic mass is 10.0. The van der Waals surface area contributed by atoms with Gasteiger partial charge in [-0.25, -0.2) is 9.97 Å². The first-order chi connectivity index (χ1) is 14.4. The number of amides is 1. The summed E-state index contributed by atoms with van der Waals surface area (Å²) in [4.78, 5) is 22.9. The van der Waals surface area contributed by atoms with E-state index in [0.29, 0.717) is 23.7 Å². The van der Waals surface area contributed by atoms with E-state index in [4.69, 9.17) is 4.74 Å². The molecule has 0 unspecified atom stereocenters. The van der Waals surface area contributed by atoms with Gasteiger partial charge in [-0.2, -0.15) is 0 Å². The molecule has 2 heterocycles. The zero-order valence-electron chi connectivity index (χ0n) is 15.6. The summed E-state index contributed by atoms with van der Waals surface area (Å²) in [6.45, 7) is 0.800. The maximum atomic E-state index is 13.1. The number of ether oxygens (including phenoxy) is 2. The van der Waals surface area contributed by atoms with Gasteiger partial charge in [-0.3, -0.25) is 4.79 Å². The molecule has 3 aromatic rings. The van der Waals surface area contributed by atoms with Crippen molar-refractivity contribution in [3.63, 3.8) is 0 Å². The minimum atomic E-state index is -4.83. The fourth-order valence-electron chi connectivity index (χ4n) is 3.18. The molecule has 0 fully saturated rings. The molecule has 1 amide bonds. The molecule has 6 nitrogen and oxygen atoms in total. The van der Waals surface area contributed by atoms with Crippen LogP contribution < -0.4 is 9.47 Å². The highest BCUT2D eigenvalue weighted by atomic mass is 19.4. The lowest BCUT2D eigenvalue weighted by molar-refractivity contribution is -0.274. The fraction of sp³-hybridized carbons (Fsp3) is 0.190. The van der Waals surface area contributed by atoms with Crippen molar-refractivity contribution >= 4 is 5.91 Å². The molecule has 2 aromatic carbocycles. The number of carbonyl (C=O) groups is 1. The Labute approximate surface area is 169 Å². The summed E-state index contributed by atoms with van der Waals surface area (Å²) >= 11 is 0. The van der Waals surface area contributed by atoms with Crippen molar-refractivity contribution in [2.45, 2.75) is 12.9 Å². The highest BCUT2D eigenvalue weighted by molar-refractivity contribution is 5.98. The van der Waals surface area contributed by atoms with Crippen LogP contribution in [0.2, 0.25) is 0 Å². The Morgan fingerprint density at radius 1 is 1.03 bits per heavy atom. The number of rotatable bonds is 4. The quantitative estimate of drug-likeness (QED) is 0.643. The van der Waals surface area contributed by atoms with Gasteiger partial charge in [0.05, 0.1) is 18.7 Å². The second kappa shape index (κ2) is 8.02. The number of fused-ring (bicyclic) bond motifs is 1. The van der Waals surface area contributed by atoms with Gasteiger partial charge in [0, 0.05) is 18.0 Å². The minimum Gasteiger partial charge on any atom is -0.491 e. The summed E-state index contributed by atoms with van der Waals surface area (Å²) in [5.41, 5.74) is 0.874. The van der Waals surface area contributed by atoms with Crippen molar-refractivity contribution in [3.05, 3.63) is 72.3 Å². The van der Waals surface area contributed by atoms with Gasteiger partial charge in [-0.05, 0) is 29.8 Å². The van der Waals surface area contributed by atoms with Crippen LogP contribution in [0.4, 0.5) is 13.2 Å². The summed E-state index contributed by atoms with van der Waals surface area (Å²) in [6, 6.07) is 12.1. The monoisotopic (exact) mass is 415 g/mol. The third-order valence-corrected chi connectivity index (χ3v) is 4.49. The van der Waals surface area contributed by atoms with Crippen molar-refractivity contribution in [3.8, 4) is 22.6 Å². The minimum absolute atomic E-state index is 0.195. The molecule has 1 aliphatic rings. The van der Waals surface area contributed by atoms with Gasteiger partial charge in [0.15, 0.2) is 0 Å². The number of para-hydroxylation sites is 1. The second-order valence-electron chi connectivity index (χ2n) is 6.50. The van der Waals surface area contributed by atoms with E-state index < -0.39 is 6.36 Å². The zero-order valence-corrected chi connectivity index (χ0v) is 15.6. The molecule has 1 aliphatic heterocycles. The highest BCUT2D eigenvalue weighted by Gasteiger charge is 2.32. The first kappa shape index (κ1) is 19.7. The van der Waals surface area contributed by atoms with Crippen molar-refractivity contribution in [2.75, 3.05) is 13.2 Å². The molecule has 0 radical (unpaired) electrons. The van der Waals surface area contributed by atoms with Crippen LogP contribution in [0, 0.1) is 0 Å². The predicted octanol–water partition coefficient (Wildman–Crippen LogP) is 4.08. The lowest BCUT2D eigenvalue weighted by Gasteiger charge is -2.19. The molecule has 1 aromatic heterocycles. The van der Waals surface area contributed by atoms with Crippen LogP contribution in [0.15, 0.2) is 60.9 Å². The molecule has 0 saturated heterocycles. The molecular formula is C21H16F3N3O3. The lowest BCUT2D eigenvalue weighted by Crippen LogP contribution is -2.32. The van der Waals surface area contributed by atoms with Gasteiger partial charge in [-0.1, -0.05) is 24.3 Å². The van der Waals surface area contributed by atoms with E-state index in [1.807, 2.05) is 0 Å². The van der Waals surface area contributed by atoms with E-state index in [0.717, 1.165) is 0 Å². The molecular weight excluding hydrogens is 399 g/mol. The molecule has 0 saturated carbocycles. The van der Waals surface area contributed by atoms with Gasteiger partial charge in [0.25, 0.3) is 5.91 Å². The van der Waals surface area contributed by atoms with E-state index >= 15 is 0 Å². The van der Waals surface area contributed by atoms with Gasteiger partial charge < -0.3 is 14.4 Å². The Morgan fingerprint density at radius 2 is 1.80 bits per heavy atom. The van der Waals surface area contributed by atoms with Crippen LogP contribution in [0.1, 0.15) is 16.2 Å². The Balaban J connectivity index is 1.68. The first-order valence-electron chi connectivity index (χ1n) is 9.08. The van der Waals surface area contributed by atoms with Crippen LogP contribution in [0.5, 0.6) is 11.5 Å². The highest BCUT2D eigenvalue weighted by Crippen LogP contribution is 2.36.